The summed E-state index contributed by atoms with van der Waals surface area (Å²) in [6.45, 7) is 14.7. The molecule has 0 aliphatic carbocycles. The molecule has 19 heavy (non-hydrogen) atoms. The van der Waals surface area contributed by atoms with Gasteiger partial charge in [-0.15, -0.1) is 0 Å². The van der Waals surface area contributed by atoms with Crippen LogP contribution in [0.15, 0.2) is 0 Å². The van der Waals surface area contributed by atoms with Crippen LogP contribution in [-0.4, -0.2) is 32.4 Å². The van der Waals surface area contributed by atoms with Crippen molar-refractivity contribution in [3.63, 3.8) is 0 Å². The van der Waals surface area contributed by atoms with E-state index < -0.39 is 5.97 Å². The van der Waals surface area contributed by atoms with Gasteiger partial charge in [-0.05, 0) is 0 Å². The Morgan fingerprint density at radius 1 is 0.737 bits per heavy atom. The average molecular weight is 353 g/mol. The molecule has 4 nitrogen and oxygen atoms in total. The van der Waals surface area contributed by atoms with Crippen LogP contribution in [0.3, 0.4) is 0 Å². The molecule has 0 bridgehead atoms. The Hall–Kier alpha value is 0.723. The van der Waals surface area contributed by atoms with Gasteiger partial charge in [0.05, 0.1) is 0 Å². The molecule has 0 radical (unpaired) electrons. The summed E-state index contributed by atoms with van der Waals surface area (Å²) < 4.78 is 23.0. The van der Waals surface area contributed by atoms with Gasteiger partial charge in [-0.25, -0.2) is 0 Å². The second-order valence-corrected chi connectivity index (χ2v) is 6.80. The summed E-state index contributed by atoms with van der Waals surface area (Å²) in [5.41, 5.74) is 0. The third-order valence-electron chi connectivity index (χ3n) is 2.16. The number of hydrogen-bond donors (Lipinski definition) is 0. The number of rotatable bonds is 11. The van der Waals surface area contributed by atoms with E-state index in [1.165, 1.54) is 0 Å². The standard InChI is InChI=1S/C14H29O4.Zr/c1-11(2)7-16-14(10-15,17-8-12(3)4)18-9-13(5)6;/h11-13H,7-10H2,1-6H3;/q-1;+1. The molecule has 0 fully saturated rings. The first-order valence-corrected chi connectivity index (χ1v) is 8.02. The van der Waals surface area contributed by atoms with Crippen molar-refractivity contribution in [1.29, 1.82) is 0 Å². The Kier molecular flexibility index (Phi) is 10.8. The van der Waals surface area contributed by atoms with E-state index in [9.17, 15) is 0 Å². The van der Waals surface area contributed by atoms with Gasteiger partial charge < -0.3 is 0 Å². The van der Waals surface area contributed by atoms with Gasteiger partial charge in [-0.3, -0.25) is 0 Å². The van der Waals surface area contributed by atoms with Crippen molar-refractivity contribution in [3.8, 4) is 0 Å². The molecule has 0 aliphatic heterocycles. The van der Waals surface area contributed by atoms with E-state index in [-0.39, 0.29) is 0 Å². The maximum absolute atomic E-state index is 5.88. The molecule has 0 aromatic rings. The fraction of sp³-hybridized carbons (Fsp3) is 1.00. The Labute approximate surface area is 134 Å². The minimum absolute atomic E-state index is 0.317. The number of ether oxygens (including phenoxy) is 3. The van der Waals surface area contributed by atoms with Gasteiger partial charge in [0.1, 0.15) is 0 Å². The molecule has 0 aromatic carbocycles. The summed E-state index contributed by atoms with van der Waals surface area (Å²) in [4.78, 5) is 0. The van der Waals surface area contributed by atoms with Gasteiger partial charge in [-0.2, -0.15) is 0 Å². The van der Waals surface area contributed by atoms with Crippen molar-refractivity contribution < 1.29 is 42.2 Å². The van der Waals surface area contributed by atoms with Crippen LogP contribution in [0.5, 0.6) is 0 Å². The predicted molar refractivity (Wildman–Crippen MR) is 71.1 cm³/mol. The fourth-order valence-electron chi connectivity index (χ4n) is 1.22. The Bertz CT molecular complexity index is 188. The van der Waals surface area contributed by atoms with E-state index in [1.807, 2.05) is 0 Å². The second kappa shape index (κ2) is 10.4. The molecule has 0 heterocycles. The molecule has 0 atom stereocenters. The van der Waals surface area contributed by atoms with E-state index in [4.69, 9.17) is 17.0 Å². The third-order valence-corrected chi connectivity index (χ3v) is 2.51. The normalized spacial score (nSPS) is 12.8. The molecular formula is C14H29O4Zr. The summed E-state index contributed by atoms with van der Waals surface area (Å²) in [5.74, 6) is 0.223. The minimum atomic E-state index is -1.05. The van der Waals surface area contributed by atoms with E-state index in [2.05, 4.69) is 41.5 Å². The van der Waals surface area contributed by atoms with Crippen molar-refractivity contribution in [2.45, 2.75) is 47.5 Å². The summed E-state index contributed by atoms with van der Waals surface area (Å²) in [5, 5.41) is 0. The SMILES string of the molecule is CC(C)COC(C[O][Zr])(OCC(C)C)OCC(C)C. The van der Waals surface area contributed by atoms with Gasteiger partial charge in [-0.1, -0.05) is 0 Å². The summed E-state index contributed by atoms with van der Waals surface area (Å²) in [6.07, 6.45) is 0. The van der Waals surface area contributed by atoms with Crippen molar-refractivity contribution in [2.24, 2.45) is 17.8 Å². The molecule has 0 saturated heterocycles. The first-order chi connectivity index (χ1) is 8.81. The molecule has 0 rings (SSSR count). The molecule has 113 valence electrons. The molecule has 0 spiro atoms. The fourth-order valence-corrected chi connectivity index (χ4v) is 1.65. The van der Waals surface area contributed by atoms with E-state index in [0.717, 1.165) is 25.2 Å². The molecule has 0 saturated carbocycles. The van der Waals surface area contributed by atoms with Gasteiger partial charge in [0, 0.05) is 0 Å². The van der Waals surface area contributed by atoms with Gasteiger partial charge in [0.2, 0.25) is 0 Å². The van der Waals surface area contributed by atoms with E-state index in [1.54, 1.807) is 0 Å². The van der Waals surface area contributed by atoms with Crippen molar-refractivity contribution in [1.82, 2.24) is 0 Å². The third kappa shape index (κ3) is 10.1. The zero-order valence-electron chi connectivity index (χ0n) is 13.2. The first kappa shape index (κ1) is 19.7. The topological polar surface area (TPSA) is 36.9 Å². The van der Waals surface area contributed by atoms with E-state index in [0.29, 0.717) is 44.2 Å². The maximum atomic E-state index is 5.88. The monoisotopic (exact) mass is 351 g/mol. The Morgan fingerprint density at radius 2 is 1.05 bits per heavy atom. The molecule has 0 aliphatic rings. The average Bonchev–Trinajstić information content (AvgIpc) is 2.31. The van der Waals surface area contributed by atoms with Crippen LogP contribution in [0.1, 0.15) is 41.5 Å². The molecule has 0 amide bonds. The first-order valence-electron chi connectivity index (χ1n) is 7.01. The van der Waals surface area contributed by atoms with Crippen LogP contribution in [0, 0.1) is 17.8 Å². The van der Waals surface area contributed by atoms with Crippen LogP contribution in [0.4, 0.5) is 0 Å². The predicted octanol–water partition coefficient (Wildman–Crippen LogP) is 3.14. The summed E-state index contributed by atoms with van der Waals surface area (Å²) in [7, 11) is 0. The molecule has 0 N–H and O–H groups in total. The van der Waals surface area contributed by atoms with Crippen LogP contribution >= 0.6 is 0 Å². The molecule has 0 aromatic heterocycles. The van der Waals surface area contributed by atoms with Crippen molar-refractivity contribution in [3.05, 3.63) is 0 Å². The van der Waals surface area contributed by atoms with Crippen LogP contribution < -0.4 is 0 Å². The van der Waals surface area contributed by atoms with Gasteiger partial charge in [0.15, 0.2) is 0 Å². The summed E-state index contributed by atoms with van der Waals surface area (Å²) >= 11 is 0.988. The zero-order valence-corrected chi connectivity index (χ0v) is 15.7. The van der Waals surface area contributed by atoms with Crippen molar-refractivity contribution in [2.75, 3.05) is 26.4 Å². The molecular weight excluding hydrogens is 323 g/mol. The Balaban J connectivity index is 4.65. The van der Waals surface area contributed by atoms with Gasteiger partial charge >= 0.3 is 134 Å². The molecule has 0 unspecified atom stereocenters. The van der Waals surface area contributed by atoms with Crippen LogP contribution in [0.25, 0.3) is 0 Å². The zero-order chi connectivity index (χ0) is 14.9. The second-order valence-electron chi connectivity index (χ2n) is 6.09. The van der Waals surface area contributed by atoms with Crippen LogP contribution in [0.2, 0.25) is 0 Å². The van der Waals surface area contributed by atoms with Crippen molar-refractivity contribution >= 4 is 0 Å². The molecule has 5 heteroatoms. The van der Waals surface area contributed by atoms with Crippen LogP contribution in [-0.2, 0) is 42.2 Å². The van der Waals surface area contributed by atoms with Gasteiger partial charge in [0.25, 0.3) is 0 Å². The number of hydrogen-bond acceptors (Lipinski definition) is 4. The summed E-state index contributed by atoms with van der Waals surface area (Å²) in [6, 6.07) is 0. The van der Waals surface area contributed by atoms with E-state index >= 15 is 0 Å². The Morgan fingerprint density at radius 3 is 1.26 bits per heavy atom. The quantitative estimate of drug-likeness (QED) is 0.535.